The summed E-state index contributed by atoms with van der Waals surface area (Å²) in [4.78, 5) is 2.38. The summed E-state index contributed by atoms with van der Waals surface area (Å²) in [5.74, 6) is 0.593. The maximum Gasteiger partial charge on any atom is 0.0474 e. The van der Waals surface area contributed by atoms with Gasteiger partial charge in [0.15, 0.2) is 0 Å². The third kappa shape index (κ3) is 2.91. The maximum absolute atomic E-state index is 5.83. The molecule has 1 aromatic carbocycles. The minimum Gasteiger partial charge on any atom is -0.371 e. The fourth-order valence-electron chi connectivity index (χ4n) is 2.23. The molecule has 0 heterocycles. The van der Waals surface area contributed by atoms with Gasteiger partial charge < -0.3 is 4.90 Å². The van der Waals surface area contributed by atoms with Crippen LogP contribution >= 0.6 is 11.6 Å². The van der Waals surface area contributed by atoms with Crippen LogP contribution in [0.3, 0.4) is 0 Å². The first-order chi connectivity index (χ1) is 7.63. The lowest BCUT2D eigenvalue weighted by Crippen LogP contribution is -2.30. The van der Waals surface area contributed by atoms with Crippen LogP contribution in [-0.2, 0) is 5.88 Å². The normalized spacial score (nSPS) is 10.9. The average Bonchev–Trinajstić information content (AvgIpc) is 2.30. The zero-order valence-corrected chi connectivity index (χ0v) is 11.5. The summed E-state index contributed by atoms with van der Waals surface area (Å²) in [5.41, 5.74) is 3.83. The van der Waals surface area contributed by atoms with Crippen LogP contribution in [0.25, 0.3) is 0 Å². The Labute approximate surface area is 104 Å². The summed E-state index contributed by atoms with van der Waals surface area (Å²) in [6.07, 6.45) is 2.37. The fraction of sp³-hybridized carbons (Fsp3) is 0.571. The van der Waals surface area contributed by atoms with Crippen molar-refractivity contribution in [1.29, 1.82) is 0 Å². The van der Waals surface area contributed by atoms with E-state index in [-0.39, 0.29) is 0 Å². The lowest BCUT2D eigenvalue weighted by Gasteiger charge is -2.30. The molecule has 0 atom stereocenters. The largest absolute Gasteiger partial charge is 0.371 e. The second-order valence-corrected chi connectivity index (χ2v) is 4.60. The van der Waals surface area contributed by atoms with Crippen LogP contribution in [0.2, 0.25) is 0 Å². The SMILES string of the molecule is CCC(CC)N(C)c1ccc(CCl)cc1C. The molecule has 0 aromatic heterocycles. The molecule has 16 heavy (non-hydrogen) atoms. The average molecular weight is 240 g/mol. The highest BCUT2D eigenvalue weighted by Crippen LogP contribution is 2.24. The monoisotopic (exact) mass is 239 g/mol. The van der Waals surface area contributed by atoms with E-state index in [0.717, 1.165) is 0 Å². The Morgan fingerprint density at radius 2 is 1.88 bits per heavy atom. The predicted octanol–water partition coefficient (Wildman–Crippen LogP) is 4.36. The molecular weight excluding hydrogens is 218 g/mol. The number of aryl methyl sites for hydroxylation is 1. The molecule has 1 aromatic rings. The lowest BCUT2D eigenvalue weighted by molar-refractivity contribution is 0.591. The predicted molar refractivity (Wildman–Crippen MR) is 73.5 cm³/mol. The van der Waals surface area contributed by atoms with Crippen LogP contribution in [0.5, 0.6) is 0 Å². The van der Waals surface area contributed by atoms with Crippen LogP contribution in [0.1, 0.15) is 37.8 Å². The molecule has 1 rings (SSSR count). The van der Waals surface area contributed by atoms with Crippen molar-refractivity contribution in [3.63, 3.8) is 0 Å². The molecule has 0 saturated heterocycles. The molecule has 2 heteroatoms. The van der Waals surface area contributed by atoms with Crippen LogP contribution in [0.15, 0.2) is 18.2 Å². The highest BCUT2D eigenvalue weighted by molar-refractivity contribution is 6.17. The van der Waals surface area contributed by atoms with Crippen molar-refractivity contribution in [3.8, 4) is 0 Å². The second-order valence-electron chi connectivity index (χ2n) is 4.34. The molecule has 0 radical (unpaired) electrons. The standard InChI is InChI=1S/C14H22ClN/c1-5-13(6-2)16(4)14-8-7-12(10-15)9-11(14)3/h7-9,13H,5-6,10H2,1-4H3. The Kier molecular flexibility index (Phi) is 5.14. The number of anilines is 1. The number of rotatable bonds is 5. The van der Waals surface area contributed by atoms with Gasteiger partial charge in [0, 0.05) is 24.7 Å². The van der Waals surface area contributed by atoms with Crippen LogP contribution in [0, 0.1) is 6.92 Å². The van der Waals surface area contributed by atoms with Gasteiger partial charge in [-0.1, -0.05) is 26.0 Å². The van der Waals surface area contributed by atoms with Crippen LogP contribution in [0.4, 0.5) is 5.69 Å². The van der Waals surface area contributed by atoms with E-state index in [4.69, 9.17) is 11.6 Å². The number of hydrogen-bond donors (Lipinski definition) is 0. The zero-order valence-electron chi connectivity index (χ0n) is 10.8. The molecule has 0 aliphatic heterocycles. The van der Waals surface area contributed by atoms with E-state index in [0.29, 0.717) is 11.9 Å². The Balaban J connectivity index is 2.95. The Bertz CT molecular complexity index is 332. The molecule has 0 N–H and O–H groups in total. The summed E-state index contributed by atoms with van der Waals surface area (Å²) in [6, 6.07) is 7.11. The minimum atomic E-state index is 0.593. The molecule has 0 spiro atoms. The van der Waals surface area contributed by atoms with E-state index in [2.05, 4.69) is 50.9 Å². The van der Waals surface area contributed by atoms with Gasteiger partial charge in [-0.3, -0.25) is 0 Å². The molecule has 0 bridgehead atoms. The van der Waals surface area contributed by atoms with Gasteiger partial charge in [-0.15, -0.1) is 11.6 Å². The third-order valence-corrected chi connectivity index (χ3v) is 3.59. The van der Waals surface area contributed by atoms with Gasteiger partial charge in [0.1, 0.15) is 0 Å². The zero-order chi connectivity index (χ0) is 12.1. The van der Waals surface area contributed by atoms with Crippen LogP contribution in [-0.4, -0.2) is 13.1 Å². The van der Waals surface area contributed by atoms with Crippen molar-refractivity contribution in [2.45, 2.75) is 45.5 Å². The first kappa shape index (κ1) is 13.4. The smallest absolute Gasteiger partial charge is 0.0474 e. The fourth-order valence-corrected chi connectivity index (χ4v) is 2.40. The molecule has 0 amide bonds. The second kappa shape index (κ2) is 6.15. The summed E-state index contributed by atoms with van der Waals surface area (Å²) in [5, 5.41) is 0. The highest BCUT2D eigenvalue weighted by Gasteiger charge is 2.12. The van der Waals surface area contributed by atoms with E-state index < -0.39 is 0 Å². The number of benzene rings is 1. The van der Waals surface area contributed by atoms with E-state index in [1.165, 1.54) is 29.7 Å². The molecular formula is C14H22ClN. The molecule has 0 aliphatic carbocycles. The van der Waals surface area contributed by atoms with Gasteiger partial charge >= 0.3 is 0 Å². The summed E-state index contributed by atoms with van der Waals surface area (Å²) in [7, 11) is 2.18. The molecule has 1 nitrogen and oxygen atoms in total. The van der Waals surface area contributed by atoms with Gasteiger partial charge in [-0.05, 0) is 37.0 Å². The minimum absolute atomic E-state index is 0.593. The van der Waals surface area contributed by atoms with Crippen molar-refractivity contribution < 1.29 is 0 Å². The first-order valence-corrected chi connectivity index (χ1v) is 6.55. The Hall–Kier alpha value is -0.690. The molecule has 0 unspecified atom stereocenters. The molecule has 0 aliphatic rings. The molecule has 90 valence electrons. The molecule has 0 fully saturated rings. The van der Waals surface area contributed by atoms with E-state index in [1.807, 2.05) is 0 Å². The Morgan fingerprint density at radius 1 is 1.25 bits per heavy atom. The third-order valence-electron chi connectivity index (χ3n) is 3.29. The summed E-state index contributed by atoms with van der Waals surface area (Å²) < 4.78 is 0. The highest BCUT2D eigenvalue weighted by atomic mass is 35.5. The van der Waals surface area contributed by atoms with Gasteiger partial charge in [-0.25, -0.2) is 0 Å². The summed E-state index contributed by atoms with van der Waals surface area (Å²) >= 11 is 5.83. The van der Waals surface area contributed by atoms with Crippen molar-refractivity contribution in [2.24, 2.45) is 0 Å². The summed E-state index contributed by atoms with van der Waals surface area (Å²) in [6.45, 7) is 6.64. The quantitative estimate of drug-likeness (QED) is 0.691. The number of alkyl halides is 1. The van der Waals surface area contributed by atoms with Crippen molar-refractivity contribution in [3.05, 3.63) is 29.3 Å². The topological polar surface area (TPSA) is 3.24 Å². The maximum atomic E-state index is 5.83. The van der Waals surface area contributed by atoms with E-state index >= 15 is 0 Å². The van der Waals surface area contributed by atoms with Gasteiger partial charge in [0.05, 0.1) is 0 Å². The van der Waals surface area contributed by atoms with Crippen molar-refractivity contribution >= 4 is 17.3 Å². The van der Waals surface area contributed by atoms with E-state index in [9.17, 15) is 0 Å². The first-order valence-electron chi connectivity index (χ1n) is 6.02. The van der Waals surface area contributed by atoms with Gasteiger partial charge in [0.2, 0.25) is 0 Å². The number of nitrogens with zero attached hydrogens (tertiary/aromatic N) is 1. The molecule has 0 saturated carbocycles. The van der Waals surface area contributed by atoms with Crippen molar-refractivity contribution in [1.82, 2.24) is 0 Å². The van der Waals surface area contributed by atoms with Crippen LogP contribution < -0.4 is 4.90 Å². The van der Waals surface area contributed by atoms with Gasteiger partial charge in [-0.2, -0.15) is 0 Å². The Morgan fingerprint density at radius 3 is 2.31 bits per heavy atom. The lowest BCUT2D eigenvalue weighted by atomic mass is 10.1. The van der Waals surface area contributed by atoms with E-state index in [1.54, 1.807) is 0 Å². The number of hydrogen-bond acceptors (Lipinski definition) is 1. The number of halogens is 1. The van der Waals surface area contributed by atoms with Crippen molar-refractivity contribution in [2.75, 3.05) is 11.9 Å². The van der Waals surface area contributed by atoms with Gasteiger partial charge in [0.25, 0.3) is 0 Å².